The maximum Gasteiger partial charge on any atom is 1.00 e. The van der Waals surface area contributed by atoms with E-state index in [-0.39, 0.29) is 63.5 Å². The topological polar surface area (TPSA) is 26.0 Å². The number of nitrogens with two attached hydrogens (primary N) is 1. The third-order valence-corrected chi connectivity index (χ3v) is 2.71. The molecule has 0 spiro atoms. The van der Waals surface area contributed by atoms with Crippen molar-refractivity contribution in [2.24, 2.45) is 5.73 Å². The summed E-state index contributed by atoms with van der Waals surface area (Å²) in [5.41, 5.74) is 6.30. The number of hydrogen-bond donors (Lipinski definition) is 1. The van der Waals surface area contributed by atoms with Crippen LogP contribution in [0, 0.1) is 26.2 Å². The first kappa shape index (κ1) is 17.2. The molecule has 0 atom stereocenters. The summed E-state index contributed by atoms with van der Waals surface area (Å²) in [4.78, 5) is 0. The number of benzene rings is 1. The number of rotatable bonds is 2. The monoisotopic (exact) mass is 265 g/mol. The van der Waals surface area contributed by atoms with Crippen molar-refractivity contribution in [2.45, 2.75) is 20.4 Å². The minimum absolute atomic E-state index is 0. The van der Waals surface area contributed by atoms with Gasteiger partial charge in [0.25, 0.3) is 0 Å². The first-order valence-electron chi connectivity index (χ1n) is 4.82. The van der Waals surface area contributed by atoms with Crippen LogP contribution in [-0.4, -0.2) is 6.98 Å². The quantitative estimate of drug-likeness (QED) is 0.528. The molecule has 0 aliphatic rings. The van der Waals surface area contributed by atoms with E-state index in [0.29, 0.717) is 16.7 Å². The third-order valence-electron chi connectivity index (χ3n) is 2.71. The van der Waals surface area contributed by atoms with Gasteiger partial charge in [0.05, 0.1) is 0 Å². The van der Waals surface area contributed by atoms with E-state index < -0.39 is 12.4 Å². The normalized spacial score (nSPS) is 10.6. The van der Waals surface area contributed by atoms with E-state index in [1.165, 1.54) is 6.92 Å². The molecule has 1 aromatic carbocycles. The van der Waals surface area contributed by atoms with Gasteiger partial charge in [-0.1, -0.05) is 17.6 Å². The number of halogens is 3. The predicted molar refractivity (Wildman–Crippen MR) is 60.5 cm³/mol. The minimum Gasteiger partial charge on any atom is -0.445 e. The summed E-state index contributed by atoms with van der Waals surface area (Å²) in [6, 6.07) is 1.10. The SMILES string of the molecule is C#Cc1c(C)c(CN)cc([B-](F)(F)F)c1C.[K+]. The Morgan fingerprint density at radius 1 is 1.29 bits per heavy atom. The minimum atomic E-state index is -5.05. The van der Waals surface area contributed by atoms with Crippen LogP contribution in [0.2, 0.25) is 0 Å². The Balaban J connectivity index is 0.00000256. The van der Waals surface area contributed by atoms with Crippen molar-refractivity contribution in [3.05, 3.63) is 28.3 Å². The molecule has 86 valence electrons. The van der Waals surface area contributed by atoms with Crippen LogP contribution >= 0.6 is 0 Å². The van der Waals surface area contributed by atoms with Crippen LogP contribution in [0.25, 0.3) is 0 Å². The zero-order valence-electron chi connectivity index (χ0n) is 10.2. The summed E-state index contributed by atoms with van der Waals surface area (Å²) in [6.07, 6.45) is 5.24. The Morgan fingerprint density at radius 2 is 1.82 bits per heavy atom. The Hall–Kier alpha value is 0.231. The molecule has 0 fully saturated rings. The first-order chi connectivity index (χ1) is 7.32. The van der Waals surface area contributed by atoms with Gasteiger partial charge < -0.3 is 18.7 Å². The van der Waals surface area contributed by atoms with Gasteiger partial charge in [-0.25, -0.2) is 0 Å². The molecule has 0 aliphatic heterocycles. The van der Waals surface area contributed by atoms with Crippen molar-refractivity contribution in [3.8, 4) is 12.3 Å². The fourth-order valence-corrected chi connectivity index (χ4v) is 1.76. The van der Waals surface area contributed by atoms with Gasteiger partial charge in [0.15, 0.2) is 0 Å². The summed E-state index contributed by atoms with van der Waals surface area (Å²) in [7, 11) is 0. The second-order valence-corrected chi connectivity index (χ2v) is 3.67. The molecule has 0 saturated carbocycles. The zero-order chi connectivity index (χ0) is 12.5. The van der Waals surface area contributed by atoms with Crippen LogP contribution < -0.4 is 62.6 Å². The second-order valence-electron chi connectivity index (χ2n) is 3.67. The Bertz CT molecular complexity index is 463. The zero-order valence-corrected chi connectivity index (χ0v) is 13.3. The van der Waals surface area contributed by atoms with Crippen molar-refractivity contribution >= 4 is 12.4 Å². The molecule has 0 heterocycles. The second kappa shape index (κ2) is 6.41. The van der Waals surface area contributed by atoms with Crippen LogP contribution in [0.15, 0.2) is 6.07 Å². The molecule has 6 heteroatoms. The molecule has 0 aliphatic carbocycles. The average molecular weight is 265 g/mol. The average Bonchev–Trinajstić information content (AvgIpc) is 2.17. The van der Waals surface area contributed by atoms with Gasteiger partial charge in [0.2, 0.25) is 0 Å². The molecular formula is C11H12BF3KN. The van der Waals surface area contributed by atoms with Gasteiger partial charge in [0.1, 0.15) is 0 Å². The molecule has 1 aromatic rings. The summed E-state index contributed by atoms with van der Waals surface area (Å²) in [5.74, 6) is 2.31. The van der Waals surface area contributed by atoms with E-state index in [1.54, 1.807) is 6.92 Å². The molecule has 0 aromatic heterocycles. The number of terminal acetylenes is 1. The molecule has 1 rings (SSSR count). The van der Waals surface area contributed by atoms with Crippen molar-refractivity contribution < 1.29 is 64.3 Å². The standard InChI is InChI=1S/C11H12BF3N.K/c1-4-10-7(2)9(6-16)5-11(8(10)3)12(13,14)15;/h1,5H,6,16H2,2-3H3;/q-1;+1. The fourth-order valence-electron chi connectivity index (χ4n) is 1.76. The molecule has 0 amide bonds. The van der Waals surface area contributed by atoms with Crippen LogP contribution in [0.5, 0.6) is 0 Å². The Labute approximate surface area is 142 Å². The maximum absolute atomic E-state index is 12.8. The third kappa shape index (κ3) is 3.60. The number of hydrogen-bond acceptors (Lipinski definition) is 1. The Kier molecular flexibility index (Phi) is 6.50. The molecule has 0 saturated heterocycles. The molecule has 2 N–H and O–H groups in total. The van der Waals surface area contributed by atoms with E-state index in [1.807, 2.05) is 0 Å². The predicted octanol–water partition coefficient (Wildman–Crippen LogP) is -1.20. The smallest absolute Gasteiger partial charge is 0.445 e. The van der Waals surface area contributed by atoms with E-state index in [4.69, 9.17) is 12.2 Å². The van der Waals surface area contributed by atoms with E-state index in [0.717, 1.165) is 6.07 Å². The first-order valence-corrected chi connectivity index (χ1v) is 4.82. The van der Waals surface area contributed by atoms with Crippen molar-refractivity contribution in [2.75, 3.05) is 0 Å². The van der Waals surface area contributed by atoms with E-state index in [9.17, 15) is 12.9 Å². The van der Waals surface area contributed by atoms with Crippen molar-refractivity contribution in [1.82, 2.24) is 0 Å². The van der Waals surface area contributed by atoms with Gasteiger partial charge >= 0.3 is 58.4 Å². The molecule has 0 radical (unpaired) electrons. The van der Waals surface area contributed by atoms with Gasteiger partial charge in [-0.15, -0.1) is 11.9 Å². The summed E-state index contributed by atoms with van der Waals surface area (Å²) in [5, 5.41) is 0. The van der Waals surface area contributed by atoms with Gasteiger partial charge in [-0.05, 0) is 25.0 Å². The molecule has 17 heavy (non-hydrogen) atoms. The van der Waals surface area contributed by atoms with Crippen molar-refractivity contribution in [3.63, 3.8) is 0 Å². The van der Waals surface area contributed by atoms with Gasteiger partial charge in [0, 0.05) is 12.1 Å². The van der Waals surface area contributed by atoms with Gasteiger partial charge in [-0.3, -0.25) is 0 Å². The largest absolute Gasteiger partial charge is 1.00 e. The van der Waals surface area contributed by atoms with Crippen LogP contribution in [-0.2, 0) is 6.54 Å². The Morgan fingerprint density at radius 3 is 2.18 bits per heavy atom. The maximum atomic E-state index is 12.8. The summed E-state index contributed by atoms with van der Waals surface area (Å²) in [6.45, 7) is -1.91. The van der Waals surface area contributed by atoms with Crippen LogP contribution in [0.4, 0.5) is 12.9 Å². The molecule has 0 bridgehead atoms. The molecule has 1 nitrogen and oxygen atoms in total. The van der Waals surface area contributed by atoms with Crippen LogP contribution in [0.1, 0.15) is 22.3 Å². The van der Waals surface area contributed by atoms with Gasteiger partial charge in [-0.2, -0.15) is 0 Å². The van der Waals surface area contributed by atoms with E-state index >= 15 is 0 Å². The summed E-state index contributed by atoms with van der Waals surface area (Å²) < 4.78 is 38.3. The molecular weight excluding hydrogens is 253 g/mol. The molecule has 0 unspecified atom stereocenters. The van der Waals surface area contributed by atoms with E-state index in [2.05, 4.69) is 5.92 Å². The van der Waals surface area contributed by atoms with Crippen LogP contribution in [0.3, 0.4) is 0 Å². The fraction of sp³-hybridized carbons (Fsp3) is 0.273. The van der Waals surface area contributed by atoms with Crippen molar-refractivity contribution in [1.29, 1.82) is 0 Å². The summed E-state index contributed by atoms with van der Waals surface area (Å²) >= 11 is 0.